The van der Waals surface area contributed by atoms with Crippen molar-refractivity contribution in [2.75, 3.05) is 5.73 Å². The third-order valence-electron chi connectivity index (χ3n) is 1.77. The molecule has 82 valence electrons. The third kappa shape index (κ3) is 2.27. The molecular formula is C10H7F2N3S. The molecule has 0 saturated heterocycles. The summed E-state index contributed by atoms with van der Waals surface area (Å²) in [5, 5.41) is 0.421. The highest BCUT2D eigenvalue weighted by Gasteiger charge is 2.12. The zero-order valence-electron chi connectivity index (χ0n) is 8.02. The van der Waals surface area contributed by atoms with E-state index in [1.165, 1.54) is 18.6 Å². The van der Waals surface area contributed by atoms with Crippen LogP contribution < -0.4 is 5.73 Å². The van der Waals surface area contributed by atoms with Gasteiger partial charge in [-0.1, -0.05) is 11.8 Å². The van der Waals surface area contributed by atoms with Gasteiger partial charge in [-0.05, 0) is 12.1 Å². The van der Waals surface area contributed by atoms with Crippen LogP contribution in [0.1, 0.15) is 0 Å². The van der Waals surface area contributed by atoms with Crippen molar-refractivity contribution in [2.24, 2.45) is 0 Å². The lowest BCUT2D eigenvalue weighted by Gasteiger charge is -2.04. The second kappa shape index (κ2) is 4.44. The van der Waals surface area contributed by atoms with E-state index in [-0.39, 0.29) is 10.6 Å². The molecule has 2 aromatic rings. The summed E-state index contributed by atoms with van der Waals surface area (Å²) in [6, 6.07) is 2.14. The van der Waals surface area contributed by atoms with Gasteiger partial charge < -0.3 is 5.73 Å². The first kappa shape index (κ1) is 10.8. The standard InChI is InChI=1S/C10H7F2N3S/c11-7-3-6(13)4-8(12)10(7)16-9-5-14-1-2-15-9/h1-5H,13H2. The zero-order valence-corrected chi connectivity index (χ0v) is 8.84. The molecule has 1 aromatic carbocycles. The van der Waals surface area contributed by atoms with Crippen molar-refractivity contribution in [3.8, 4) is 0 Å². The second-order valence-electron chi connectivity index (χ2n) is 2.96. The van der Waals surface area contributed by atoms with E-state index in [1.807, 2.05) is 0 Å². The fourth-order valence-electron chi connectivity index (χ4n) is 1.12. The lowest BCUT2D eigenvalue weighted by molar-refractivity contribution is 0.541. The maximum atomic E-state index is 13.4. The van der Waals surface area contributed by atoms with E-state index in [0.717, 1.165) is 23.9 Å². The van der Waals surface area contributed by atoms with Crippen molar-refractivity contribution in [3.05, 3.63) is 42.4 Å². The van der Waals surface area contributed by atoms with Crippen LogP contribution in [0.15, 0.2) is 40.6 Å². The molecular weight excluding hydrogens is 232 g/mol. The maximum Gasteiger partial charge on any atom is 0.142 e. The highest BCUT2D eigenvalue weighted by atomic mass is 32.2. The van der Waals surface area contributed by atoms with Gasteiger partial charge in [-0.2, -0.15) is 0 Å². The van der Waals surface area contributed by atoms with E-state index in [2.05, 4.69) is 9.97 Å². The lowest BCUT2D eigenvalue weighted by Crippen LogP contribution is -1.93. The lowest BCUT2D eigenvalue weighted by atomic mass is 10.3. The Balaban J connectivity index is 2.35. The van der Waals surface area contributed by atoms with Gasteiger partial charge >= 0.3 is 0 Å². The Labute approximate surface area is 94.7 Å². The van der Waals surface area contributed by atoms with Crippen LogP contribution in [-0.2, 0) is 0 Å². The molecule has 2 N–H and O–H groups in total. The number of rotatable bonds is 2. The molecule has 1 aromatic heterocycles. The Kier molecular flexibility index (Phi) is 3.00. The van der Waals surface area contributed by atoms with Crippen LogP contribution in [0.4, 0.5) is 14.5 Å². The SMILES string of the molecule is Nc1cc(F)c(Sc2cnccn2)c(F)c1. The third-order valence-corrected chi connectivity index (χ3v) is 2.78. The Morgan fingerprint density at radius 1 is 1.12 bits per heavy atom. The summed E-state index contributed by atoms with van der Waals surface area (Å²) in [7, 11) is 0. The summed E-state index contributed by atoms with van der Waals surface area (Å²) >= 11 is 0.870. The number of nitrogens with two attached hydrogens (primary N) is 1. The van der Waals surface area contributed by atoms with Crippen LogP contribution in [0.5, 0.6) is 0 Å². The average Bonchev–Trinajstić information content (AvgIpc) is 2.25. The molecule has 16 heavy (non-hydrogen) atoms. The minimum Gasteiger partial charge on any atom is -0.399 e. The summed E-state index contributed by atoms with van der Waals surface area (Å²) in [5.74, 6) is -1.40. The van der Waals surface area contributed by atoms with Crippen LogP contribution in [0.3, 0.4) is 0 Å². The van der Waals surface area contributed by atoms with Gasteiger partial charge in [0.2, 0.25) is 0 Å². The van der Waals surface area contributed by atoms with Crippen molar-refractivity contribution in [1.82, 2.24) is 9.97 Å². The maximum absolute atomic E-state index is 13.4. The smallest absolute Gasteiger partial charge is 0.142 e. The van der Waals surface area contributed by atoms with E-state index in [4.69, 9.17) is 5.73 Å². The molecule has 0 saturated carbocycles. The molecule has 0 fully saturated rings. The van der Waals surface area contributed by atoms with Crippen molar-refractivity contribution in [3.63, 3.8) is 0 Å². The molecule has 3 nitrogen and oxygen atoms in total. The average molecular weight is 239 g/mol. The highest BCUT2D eigenvalue weighted by molar-refractivity contribution is 7.99. The van der Waals surface area contributed by atoms with Gasteiger partial charge in [0.25, 0.3) is 0 Å². The minimum atomic E-state index is -0.701. The Morgan fingerprint density at radius 2 is 1.81 bits per heavy atom. The quantitative estimate of drug-likeness (QED) is 0.818. The summed E-state index contributed by atoms with van der Waals surface area (Å²) < 4.78 is 26.8. The summed E-state index contributed by atoms with van der Waals surface area (Å²) in [4.78, 5) is 7.59. The highest BCUT2D eigenvalue weighted by Crippen LogP contribution is 2.31. The number of anilines is 1. The minimum absolute atomic E-state index is 0.0542. The normalized spacial score (nSPS) is 10.4. The fourth-order valence-corrected chi connectivity index (χ4v) is 1.87. The Bertz CT molecular complexity index is 482. The van der Waals surface area contributed by atoms with Crippen LogP contribution in [0, 0.1) is 11.6 Å². The van der Waals surface area contributed by atoms with Crippen LogP contribution in [0.25, 0.3) is 0 Å². The molecule has 0 aliphatic carbocycles. The fraction of sp³-hybridized carbons (Fsp3) is 0. The number of benzene rings is 1. The van der Waals surface area contributed by atoms with Crippen LogP contribution in [0.2, 0.25) is 0 Å². The first-order valence-corrected chi connectivity index (χ1v) is 5.17. The van der Waals surface area contributed by atoms with E-state index < -0.39 is 11.6 Å². The Hall–Kier alpha value is -1.69. The molecule has 0 aliphatic rings. The molecule has 0 spiro atoms. The van der Waals surface area contributed by atoms with Gasteiger partial charge in [-0.3, -0.25) is 4.98 Å². The first-order valence-electron chi connectivity index (χ1n) is 4.35. The monoisotopic (exact) mass is 239 g/mol. The van der Waals surface area contributed by atoms with E-state index in [0.29, 0.717) is 5.03 Å². The van der Waals surface area contributed by atoms with Crippen molar-refractivity contribution in [1.29, 1.82) is 0 Å². The van der Waals surface area contributed by atoms with Crippen molar-refractivity contribution >= 4 is 17.4 Å². The van der Waals surface area contributed by atoms with Gasteiger partial charge in [-0.15, -0.1) is 0 Å². The van der Waals surface area contributed by atoms with E-state index in [1.54, 1.807) is 0 Å². The largest absolute Gasteiger partial charge is 0.399 e. The predicted molar refractivity (Wildman–Crippen MR) is 56.9 cm³/mol. The van der Waals surface area contributed by atoms with E-state index >= 15 is 0 Å². The number of aromatic nitrogens is 2. The van der Waals surface area contributed by atoms with Gasteiger partial charge in [0, 0.05) is 18.1 Å². The first-order chi connectivity index (χ1) is 7.66. The number of hydrogen-bond donors (Lipinski definition) is 1. The number of halogens is 2. The van der Waals surface area contributed by atoms with Gasteiger partial charge in [0.05, 0.1) is 11.1 Å². The molecule has 0 aliphatic heterocycles. The molecule has 6 heteroatoms. The molecule has 0 amide bonds. The summed E-state index contributed by atoms with van der Waals surface area (Å²) in [6.07, 6.45) is 4.37. The van der Waals surface area contributed by atoms with Crippen LogP contribution >= 0.6 is 11.8 Å². The summed E-state index contributed by atoms with van der Waals surface area (Å²) in [6.45, 7) is 0. The topological polar surface area (TPSA) is 51.8 Å². The van der Waals surface area contributed by atoms with Crippen molar-refractivity contribution in [2.45, 2.75) is 9.92 Å². The van der Waals surface area contributed by atoms with Gasteiger partial charge in [0.1, 0.15) is 16.7 Å². The molecule has 0 radical (unpaired) electrons. The number of nitrogen functional groups attached to an aromatic ring is 1. The summed E-state index contributed by atoms with van der Waals surface area (Å²) in [5.41, 5.74) is 5.36. The number of nitrogens with zero attached hydrogens (tertiary/aromatic N) is 2. The van der Waals surface area contributed by atoms with Gasteiger partial charge in [-0.25, -0.2) is 13.8 Å². The Morgan fingerprint density at radius 3 is 2.38 bits per heavy atom. The molecule has 0 bridgehead atoms. The predicted octanol–water partition coefficient (Wildman–Crippen LogP) is 2.49. The second-order valence-corrected chi connectivity index (χ2v) is 3.99. The van der Waals surface area contributed by atoms with Crippen LogP contribution in [-0.4, -0.2) is 9.97 Å². The molecule has 0 atom stereocenters. The zero-order chi connectivity index (χ0) is 11.5. The molecule has 1 heterocycles. The van der Waals surface area contributed by atoms with E-state index in [9.17, 15) is 8.78 Å². The van der Waals surface area contributed by atoms with Gasteiger partial charge in [0.15, 0.2) is 0 Å². The molecule has 2 rings (SSSR count). The van der Waals surface area contributed by atoms with Crippen molar-refractivity contribution < 1.29 is 8.78 Å². The molecule has 0 unspecified atom stereocenters. The number of hydrogen-bond acceptors (Lipinski definition) is 4.